The SMILES string of the molecule is CC(C)Oc1cncc(-c2ccc3[nH]cc(-c4nnc(Nc5ccccc5)o4)c3c2)n1. The molecule has 0 spiro atoms. The Balaban J connectivity index is 1.48. The highest BCUT2D eigenvalue weighted by molar-refractivity contribution is 5.96. The molecule has 8 heteroatoms. The number of benzene rings is 2. The van der Waals surface area contributed by atoms with Gasteiger partial charge in [-0.05, 0) is 38.1 Å². The number of anilines is 2. The van der Waals surface area contributed by atoms with Crippen LogP contribution in [0.5, 0.6) is 5.88 Å². The van der Waals surface area contributed by atoms with Gasteiger partial charge in [0.05, 0.1) is 29.8 Å². The highest BCUT2D eigenvalue weighted by Gasteiger charge is 2.15. The number of hydrogen-bond donors (Lipinski definition) is 2. The van der Waals surface area contributed by atoms with Gasteiger partial charge in [-0.1, -0.05) is 29.4 Å². The molecule has 0 atom stereocenters. The molecule has 3 heterocycles. The number of ether oxygens (including phenoxy) is 1. The number of hydrogen-bond acceptors (Lipinski definition) is 7. The Kier molecular flexibility index (Phi) is 4.80. The van der Waals surface area contributed by atoms with E-state index in [0.717, 1.165) is 33.4 Å². The molecule has 0 aliphatic rings. The van der Waals surface area contributed by atoms with Crippen LogP contribution < -0.4 is 10.1 Å². The average molecular weight is 412 g/mol. The summed E-state index contributed by atoms with van der Waals surface area (Å²) >= 11 is 0. The first-order valence-corrected chi connectivity index (χ1v) is 9.92. The van der Waals surface area contributed by atoms with Gasteiger partial charge in [-0.2, -0.15) is 0 Å². The van der Waals surface area contributed by atoms with Gasteiger partial charge >= 0.3 is 6.01 Å². The minimum atomic E-state index is 0.0273. The maximum absolute atomic E-state index is 5.85. The molecule has 0 fully saturated rings. The molecule has 8 nitrogen and oxygen atoms in total. The highest BCUT2D eigenvalue weighted by atomic mass is 16.5. The van der Waals surface area contributed by atoms with E-state index in [0.29, 0.717) is 17.8 Å². The number of H-pyrrole nitrogens is 1. The van der Waals surface area contributed by atoms with Gasteiger partial charge in [-0.3, -0.25) is 4.98 Å². The molecule has 2 aromatic carbocycles. The zero-order chi connectivity index (χ0) is 21.2. The summed E-state index contributed by atoms with van der Waals surface area (Å²) in [5.41, 5.74) is 4.28. The quantitative estimate of drug-likeness (QED) is 0.395. The van der Waals surface area contributed by atoms with E-state index in [1.54, 1.807) is 12.4 Å². The van der Waals surface area contributed by atoms with Crippen molar-refractivity contribution in [1.82, 2.24) is 25.1 Å². The third-order valence-electron chi connectivity index (χ3n) is 4.63. The monoisotopic (exact) mass is 412 g/mol. The topological polar surface area (TPSA) is 102 Å². The summed E-state index contributed by atoms with van der Waals surface area (Å²) in [6, 6.07) is 16.0. The fourth-order valence-corrected chi connectivity index (χ4v) is 3.27. The number of aromatic amines is 1. The van der Waals surface area contributed by atoms with Crippen LogP contribution in [0.2, 0.25) is 0 Å². The summed E-state index contributed by atoms with van der Waals surface area (Å²) in [7, 11) is 0. The Bertz CT molecular complexity index is 1330. The summed E-state index contributed by atoms with van der Waals surface area (Å²) in [5.74, 6) is 0.917. The van der Waals surface area contributed by atoms with Crippen molar-refractivity contribution >= 4 is 22.6 Å². The molecule has 0 aliphatic heterocycles. The normalized spacial score (nSPS) is 11.2. The second-order valence-electron chi connectivity index (χ2n) is 7.28. The first-order chi connectivity index (χ1) is 15.2. The maximum Gasteiger partial charge on any atom is 0.320 e. The molecule has 3 aromatic heterocycles. The minimum absolute atomic E-state index is 0.0273. The van der Waals surface area contributed by atoms with Crippen molar-refractivity contribution in [3.8, 4) is 28.6 Å². The molecule has 5 aromatic rings. The zero-order valence-corrected chi connectivity index (χ0v) is 17.0. The lowest BCUT2D eigenvalue weighted by Crippen LogP contribution is -2.07. The largest absolute Gasteiger partial charge is 0.474 e. The number of aromatic nitrogens is 5. The minimum Gasteiger partial charge on any atom is -0.474 e. The molecule has 31 heavy (non-hydrogen) atoms. The smallest absolute Gasteiger partial charge is 0.320 e. The first kappa shape index (κ1) is 18.8. The van der Waals surface area contributed by atoms with E-state index < -0.39 is 0 Å². The predicted molar refractivity (Wildman–Crippen MR) is 118 cm³/mol. The second-order valence-corrected chi connectivity index (χ2v) is 7.28. The Morgan fingerprint density at radius 1 is 1.03 bits per heavy atom. The maximum atomic E-state index is 5.85. The van der Waals surface area contributed by atoms with Gasteiger partial charge in [0.2, 0.25) is 5.88 Å². The lowest BCUT2D eigenvalue weighted by molar-refractivity contribution is 0.232. The Hall–Kier alpha value is -4.20. The number of nitrogens with one attached hydrogen (secondary N) is 2. The van der Waals surface area contributed by atoms with E-state index in [1.807, 2.05) is 68.6 Å². The van der Waals surface area contributed by atoms with Gasteiger partial charge < -0.3 is 19.5 Å². The number of rotatable bonds is 6. The van der Waals surface area contributed by atoms with Crippen LogP contribution in [0.25, 0.3) is 33.6 Å². The fourth-order valence-electron chi connectivity index (χ4n) is 3.27. The molecular formula is C23H20N6O2. The molecule has 5 rings (SSSR count). The van der Waals surface area contributed by atoms with E-state index in [-0.39, 0.29) is 6.10 Å². The summed E-state index contributed by atoms with van der Waals surface area (Å²) in [5, 5.41) is 12.4. The molecule has 0 saturated carbocycles. The highest BCUT2D eigenvalue weighted by Crippen LogP contribution is 2.32. The van der Waals surface area contributed by atoms with Crippen molar-refractivity contribution in [3.63, 3.8) is 0 Å². The summed E-state index contributed by atoms with van der Waals surface area (Å²) < 4.78 is 11.5. The van der Waals surface area contributed by atoms with Crippen LogP contribution in [-0.2, 0) is 0 Å². The van der Waals surface area contributed by atoms with E-state index >= 15 is 0 Å². The van der Waals surface area contributed by atoms with E-state index in [4.69, 9.17) is 9.15 Å². The lowest BCUT2D eigenvalue weighted by atomic mass is 10.1. The van der Waals surface area contributed by atoms with Crippen LogP contribution in [0.1, 0.15) is 13.8 Å². The van der Waals surface area contributed by atoms with Crippen molar-refractivity contribution < 1.29 is 9.15 Å². The van der Waals surface area contributed by atoms with E-state index in [2.05, 4.69) is 30.5 Å². The van der Waals surface area contributed by atoms with Crippen molar-refractivity contribution in [1.29, 1.82) is 0 Å². The van der Waals surface area contributed by atoms with E-state index in [9.17, 15) is 0 Å². The van der Waals surface area contributed by atoms with Crippen molar-refractivity contribution in [2.75, 3.05) is 5.32 Å². The van der Waals surface area contributed by atoms with Crippen LogP contribution in [0.4, 0.5) is 11.7 Å². The van der Waals surface area contributed by atoms with Crippen molar-refractivity contribution in [3.05, 3.63) is 67.1 Å². The van der Waals surface area contributed by atoms with Crippen LogP contribution in [0, 0.1) is 0 Å². The van der Waals surface area contributed by atoms with Crippen LogP contribution in [0.15, 0.2) is 71.5 Å². The average Bonchev–Trinajstić information content (AvgIpc) is 3.40. The summed E-state index contributed by atoms with van der Waals surface area (Å²) in [4.78, 5) is 12.1. The molecule has 0 aliphatic carbocycles. The standard InChI is InChI=1S/C23H20N6O2/c1-14(2)30-21-13-24-12-20(27-21)15-8-9-19-17(10-15)18(11-25-19)22-28-29-23(31-22)26-16-6-4-3-5-7-16/h3-14,25H,1-2H3,(H,26,29). The van der Waals surface area contributed by atoms with Crippen molar-refractivity contribution in [2.24, 2.45) is 0 Å². The van der Waals surface area contributed by atoms with Gasteiger partial charge in [0.25, 0.3) is 5.89 Å². The van der Waals surface area contributed by atoms with Gasteiger partial charge in [-0.25, -0.2) is 4.98 Å². The van der Waals surface area contributed by atoms with Crippen LogP contribution in [0.3, 0.4) is 0 Å². The van der Waals surface area contributed by atoms with E-state index in [1.165, 1.54) is 0 Å². The predicted octanol–water partition coefficient (Wildman–Crippen LogP) is 5.21. The molecule has 0 saturated heterocycles. The van der Waals surface area contributed by atoms with Gasteiger partial charge in [0.15, 0.2) is 0 Å². The van der Waals surface area contributed by atoms with Crippen LogP contribution >= 0.6 is 0 Å². The zero-order valence-electron chi connectivity index (χ0n) is 17.0. The fraction of sp³-hybridized carbons (Fsp3) is 0.130. The number of para-hydroxylation sites is 1. The number of fused-ring (bicyclic) bond motifs is 1. The molecule has 2 N–H and O–H groups in total. The Morgan fingerprint density at radius 2 is 1.90 bits per heavy atom. The number of nitrogens with zero attached hydrogens (tertiary/aromatic N) is 4. The third-order valence-corrected chi connectivity index (χ3v) is 4.63. The molecule has 0 amide bonds. The summed E-state index contributed by atoms with van der Waals surface area (Å²) in [6.07, 6.45) is 5.22. The third kappa shape index (κ3) is 3.95. The van der Waals surface area contributed by atoms with Crippen LogP contribution in [-0.4, -0.2) is 31.3 Å². The molecular weight excluding hydrogens is 392 g/mol. The Labute approximate surface area is 178 Å². The Morgan fingerprint density at radius 3 is 2.74 bits per heavy atom. The van der Waals surface area contributed by atoms with Crippen molar-refractivity contribution in [2.45, 2.75) is 20.0 Å². The first-order valence-electron chi connectivity index (χ1n) is 9.92. The van der Waals surface area contributed by atoms with Gasteiger partial charge in [-0.15, -0.1) is 5.10 Å². The molecule has 0 radical (unpaired) electrons. The summed E-state index contributed by atoms with van der Waals surface area (Å²) in [6.45, 7) is 3.91. The van der Waals surface area contributed by atoms with Gasteiger partial charge in [0.1, 0.15) is 0 Å². The molecule has 0 bridgehead atoms. The van der Waals surface area contributed by atoms with Gasteiger partial charge in [0, 0.05) is 28.4 Å². The molecule has 0 unspecified atom stereocenters. The lowest BCUT2D eigenvalue weighted by Gasteiger charge is -2.09. The second kappa shape index (κ2) is 7.91. The molecule has 154 valence electrons.